The van der Waals surface area contributed by atoms with Gasteiger partial charge in [0.05, 0.1) is 12.1 Å². The summed E-state index contributed by atoms with van der Waals surface area (Å²) in [5.74, 6) is -0.223. The van der Waals surface area contributed by atoms with Crippen molar-refractivity contribution in [3.8, 4) is 0 Å². The van der Waals surface area contributed by atoms with Crippen LogP contribution in [0.3, 0.4) is 0 Å². The Morgan fingerprint density at radius 1 is 1.41 bits per heavy atom. The van der Waals surface area contributed by atoms with Crippen LogP contribution in [0.1, 0.15) is 22.3 Å². The fourth-order valence-electron chi connectivity index (χ4n) is 1.87. The Kier molecular flexibility index (Phi) is 3.33. The van der Waals surface area contributed by atoms with Crippen LogP contribution in [0.15, 0.2) is 15.4 Å². The van der Waals surface area contributed by atoms with Gasteiger partial charge in [0.2, 0.25) is 0 Å². The van der Waals surface area contributed by atoms with E-state index >= 15 is 0 Å². The van der Waals surface area contributed by atoms with Gasteiger partial charge in [0.25, 0.3) is 10.1 Å². The first-order valence-electron chi connectivity index (χ1n) is 4.73. The van der Waals surface area contributed by atoms with Gasteiger partial charge in [0.1, 0.15) is 4.90 Å². The number of ketones is 1. The van der Waals surface area contributed by atoms with Crippen molar-refractivity contribution in [2.45, 2.75) is 17.7 Å². The fraction of sp³-hybridized carbons (Fsp3) is 0.300. The molecule has 0 saturated heterocycles. The number of carbonyl (C=O) groups excluding carboxylic acids is 1. The molecule has 0 heterocycles. The average molecular weight is 340 g/mol. The molecule has 1 aliphatic carbocycles. The van der Waals surface area contributed by atoms with Crippen LogP contribution in [0.2, 0.25) is 5.02 Å². The maximum Gasteiger partial charge on any atom is 0.298 e. The van der Waals surface area contributed by atoms with Crippen LogP contribution >= 0.6 is 27.5 Å². The van der Waals surface area contributed by atoms with E-state index in [9.17, 15) is 13.2 Å². The first kappa shape index (κ1) is 13.0. The summed E-state index contributed by atoms with van der Waals surface area (Å²) in [7, 11) is -2.94. The Hall–Kier alpha value is -0.430. The van der Waals surface area contributed by atoms with Gasteiger partial charge in [-0.2, -0.15) is 8.42 Å². The van der Waals surface area contributed by atoms with Crippen LogP contribution < -0.4 is 0 Å². The van der Waals surface area contributed by atoms with E-state index < -0.39 is 10.1 Å². The molecule has 17 heavy (non-hydrogen) atoms. The summed E-state index contributed by atoms with van der Waals surface area (Å²) >= 11 is 9.18. The van der Waals surface area contributed by atoms with E-state index in [2.05, 4.69) is 20.1 Å². The van der Waals surface area contributed by atoms with Crippen molar-refractivity contribution in [3.63, 3.8) is 0 Å². The second-order valence-corrected chi connectivity index (χ2v) is 6.48. The molecule has 0 spiro atoms. The molecule has 0 atom stereocenters. The Labute approximate surface area is 112 Å². The van der Waals surface area contributed by atoms with E-state index in [1.807, 2.05) is 0 Å². The summed E-state index contributed by atoms with van der Waals surface area (Å²) in [6, 6.07) is 1.48. The maximum atomic E-state index is 11.8. The summed E-state index contributed by atoms with van der Waals surface area (Å²) in [6.07, 6.45) is 0.804. The minimum absolute atomic E-state index is 0.00674. The van der Waals surface area contributed by atoms with Gasteiger partial charge < -0.3 is 0 Å². The number of carbonyl (C=O) groups is 1. The monoisotopic (exact) mass is 338 g/mol. The first-order valence-corrected chi connectivity index (χ1v) is 7.31. The minimum Gasteiger partial charge on any atom is -0.294 e. The van der Waals surface area contributed by atoms with E-state index in [4.69, 9.17) is 11.6 Å². The van der Waals surface area contributed by atoms with Gasteiger partial charge in [0.15, 0.2) is 5.78 Å². The SMILES string of the molecule is COS(=O)(=O)c1c(Cl)cc(Br)c2c1C(=O)CC2. The topological polar surface area (TPSA) is 60.4 Å². The quantitative estimate of drug-likeness (QED) is 0.777. The number of hydrogen-bond donors (Lipinski definition) is 0. The fourth-order valence-corrected chi connectivity index (χ4v) is 4.07. The van der Waals surface area contributed by atoms with E-state index in [1.165, 1.54) is 6.07 Å². The van der Waals surface area contributed by atoms with Crippen LogP contribution in [0.4, 0.5) is 0 Å². The Morgan fingerprint density at radius 3 is 2.65 bits per heavy atom. The average Bonchev–Trinajstić information content (AvgIpc) is 2.61. The smallest absolute Gasteiger partial charge is 0.294 e. The van der Waals surface area contributed by atoms with E-state index in [0.717, 1.165) is 7.11 Å². The zero-order chi connectivity index (χ0) is 12.8. The summed E-state index contributed by atoms with van der Waals surface area (Å²) in [5.41, 5.74) is 0.834. The molecule has 2 rings (SSSR count). The van der Waals surface area contributed by atoms with Gasteiger partial charge in [-0.15, -0.1) is 0 Å². The highest BCUT2D eigenvalue weighted by Gasteiger charge is 2.33. The first-order chi connectivity index (χ1) is 7.88. The molecule has 0 amide bonds. The van der Waals surface area contributed by atoms with Crippen molar-refractivity contribution in [1.82, 2.24) is 0 Å². The summed E-state index contributed by atoms with van der Waals surface area (Å²) in [4.78, 5) is 11.5. The van der Waals surface area contributed by atoms with Crippen molar-refractivity contribution >= 4 is 43.4 Å². The van der Waals surface area contributed by atoms with Gasteiger partial charge >= 0.3 is 0 Å². The Balaban J connectivity index is 2.86. The Bertz CT molecular complexity index is 609. The normalized spacial score (nSPS) is 15.1. The predicted octanol–water partition coefficient (Wildman–Crippen LogP) is 2.57. The molecular weight excluding hydrogens is 332 g/mol. The molecule has 0 aliphatic heterocycles. The minimum atomic E-state index is -3.98. The van der Waals surface area contributed by atoms with E-state index in [1.54, 1.807) is 0 Å². The highest BCUT2D eigenvalue weighted by atomic mass is 79.9. The van der Waals surface area contributed by atoms with Crippen LogP contribution in [0.5, 0.6) is 0 Å². The Morgan fingerprint density at radius 2 is 2.06 bits per heavy atom. The van der Waals surface area contributed by atoms with Crippen molar-refractivity contribution in [2.24, 2.45) is 0 Å². The number of hydrogen-bond acceptors (Lipinski definition) is 4. The summed E-state index contributed by atoms with van der Waals surface area (Å²) in [6.45, 7) is 0. The lowest BCUT2D eigenvalue weighted by Gasteiger charge is -2.10. The molecule has 1 aromatic carbocycles. The zero-order valence-electron chi connectivity index (χ0n) is 8.79. The van der Waals surface area contributed by atoms with Crippen molar-refractivity contribution in [2.75, 3.05) is 7.11 Å². The second-order valence-electron chi connectivity index (χ2n) is 3.57. The number of benzene rings is 1. The second kappa shape index (κ2) is 4.35. The third-order valence-electron chi connectivity index (χ3n) is 2.64. The molecule has 7 heteroatoms. The standard InChI is InChI=1S/C10H8BrClO4S/c1-16-17(14,15)10-7(12)4-6(11)5-2-3-8(13)9(5)10/h4H,2-3H2,1H3. The van der Waals surface area contributed by atoms with Gasteiger partial charge in [-0.1, -0.05) is 27.5 Å². The van der Waals surface area contributed by atoms with Gasteiger partial charge in [-0.3, -0.25) is 8.98 Å². The van der Waals surface area contributed by atoms with E-state index in [-0.39, 0.29) is 21.3 Å². The molecule has 1 aliphatic rings. The largest absolute Gasteiger partial charge is 0.298 e. The third kappa shape index (κ3) is 2.03. The zero-order valence-corrected chi connectivity index (χ0v) is 11.9. The molecule has 1 aromatic rings. The number of halogens is 2. The van der Waals surface area contributed by atoms with Crippen LogP contribution in [-0.2, 0) is 20.7 Å². The number of Topliss-reactive ketones (excluding diaryl/α,β-unsaturated/α-hetero) is 1. The van der Waals surface area contributed by atoms with Gasteiger partial charge in [-0.25, -0.2) is 0 Å². The lowest BCUT2D eigenvalue weighted by atomic mass is 10.1. The third-order valence-corrected chi connectivity index (χ3v) is 5.12. The molecule has 0 radical (unpaired) electrons. The van der Waals surface area contributed by atoms with Crippen molar-refractivity contribution < 1.29 is 17.4 Å². The van der Waals surface area contributed by atoms with Crippen LogP contribution in [-0.4, -0.2) is 21.3 Å². The van der Waals surface area contributed by atoms with Crippen LogP contribution in [0.25, 0.3) is 0 Å². The molecular formula is C10H8BrClO4S. The van der Waals surface area contributed by atoms with E-state index in [0.29, 0.717) is 22.9 Å². The molecule has 0 fully saturated rings. The molecule has 92 valence electrons. The molecule has 0 unspecified atom stereocenters. The highest BCUT2D eigenvalue weighted by molar-refractivity contribution is 9.10. The lowest BCUT2D eigenvalue weighted by Crippen LogP contribution is -2.10. The van der Waals surface area contributed by atoms with Crippen molar-refractivity contribution in [3.05, 3.63) is 26.7 Å². The molecule has 0 aromatic heterocycles. The van der Waals surface area contributed by atoms with Crippen molar-refractivity contribution in [1.29, 1.82) is 0 Å². The maximum absolute atomic E-state index is 11.8. The summed E-state index contributed by atoms with van der Waals surface area (Å²) < 4.78 is 28.6. The summed E-state index contributed by atoms with van der Waals surface area (Å²) in [5, 5.41) is -0.00674. The highest BCUT2D eigenvalue weighted by Crippen LogP contribution is 2.39. The predicted molar refractivity (Wildman–Crippen MR) is 66.0 cm³/mol. The number of rotatable bonds is 2. The molecule has 0 saturated carbocycles. The van der Waals surface area contributed by atoms with Crippen LogP contribution in [0, 0.1) is 0 Å². The van der Waals surface area contributed by atoms with Gasteiger partial charge in [0, 0.05) is 16.5 Å². The molecule has 0 N–H and O–H groups in total. The molecule has 0 bridgehead atoms. The lowest BCUT2D eigenvalue weighted by molar-refractivity contribution is 0.0991. The number of fused-ring (bicyclic) bond motifs is 1. The molecule has 4 nitrogen and oxygen atoms in total. The van der Waals surface area contributed by atoms with Gasteiger partial charge in [-0.05, 0) is 18.1 Å².